The molecule has 4 rings (SSSR count). The van der Waals surface area contributed by atoms with Gasteiger partial charge >= 0.3 is 6.09 Å². The summed E-state index contributed by atoms with van der Waals surface area (Å²) in [6, 6.07) is 16.2. The maximum Gasteiger partial charge on any atom is 0.410 e. The maximum atomic E-state index is 12.3. The van der Waals surface area contributed by atoms with Crippen LogP contribution in [0.25, 0.3) is 0 Å². The van der Waals surface area contributed by atoms with Gasteiger partial charge in [0.25, 0.3) is 0 Å². The van der Waals surface area contributed by atoms with Crippen LogP contribution >= 0.6 is 15.9 Å². The summed E-state index contributed by atoms with van der Waals surface area (Å²) in [7, 11) is 1.64. The van der Waals surface area contributed by atoms with Crippen molar-refractivity contribution < 1.29 is 19.0 Å². The molecule has 178 valence electrons. The van der Waals surface area contributed by atoms with Crippen LogP contribution in [0.4, 0.5) is 4.79 Å². The van der Waals surface area contributed by atoms with Crippen molar-refractivity contribution in [2.45, 2.75) is 45.1 Å². The van der Waals surface area contributed by atoms with Gasteiger partial charge < -0.3 is 24.0 Å². The highest BCUT2D eigenvalue weighted by Crippen LogP contribution is 2.29. The highest BCUT2D eigenvalue weighted by atomic mass is 79.9. The largest absolute Gasteiger partial charge is 0.465 e. The monoisotopic (exact) mass is 516 g/mol. The summed E-state index contributed by atoms with van der Waals surface area (Å²) < 4.78 is 17.8. The number of nitrogens with zero attached hydrogens (tertiary/aromatic N) is 2. The van der Waals surface area contributed by atoms with E-state index in [2.05, 4.69) is 33.0 Å². The van der Waals surface area contributed by atoms with Gasteiger partial charge in [-0.25, -0.2) is 4.79 Å². The van der Waals surface area contributed by atoms with Gasteiger partial charge in [0, 0.05) is 31.2 Å². The smallest absolute Gasteiger partial charge is 0.410 e. The summed E-state index contributed by atoms with van der Waals surface area (Å²) >= 11 is 3.69. The maximum absolute atomic E-state index is 12.3. The van der Waals surface area contributed by atoms with Crippen molar-refractivity contribution in [1.29, 1.82) is 0 Å². The SMILES string of the molecule is COC(C)Oc1ccc(Br)c(CC2CCN(CCC3CN(Cc4ccccc4)C(=O)O3)C2)c1. The number of cyclic esters (lactones) is 1. The summed E-state index contributed by atoms with van der Waals surface area (Å²) in [5.74, 6) is 1.44. The Balaban J connectivity index is 1.22. The number of hydrogen-bond donors (Lipinski definition) is 0. The number of rotatable bonds is 10. The van der Waals surface area contributed by atoms with Crippen molar-refractivity contribution in [2.75, 3.05) is 33.3 Å². The van der Waals surface area contributed by atoms with Crippen molar-refractivity contribution in [3.63, 3.8) is 0 Å². The van der Waals surface area contributed by atoms with Crippen LogP contribution in [0.5, 0.6) is 5.75 Å². The summed E-state index contributed by atoms with van der Waals surface area (Å²) in [6.07, 6.45) is 2.58. The summed E-state index contributed by atoms with van der Waals surface area (Å²) in [4.78, 5) is 16.6. The molecule has 2 saturated heterocycles. The number of halogens is 1. The Hall–Kier alpha value is -2.09. The zero-order chi connectivity index (χ0) is 23.2. The van der Waals surface area contributed by atoms with Gasteiger partial charge in [0.2, 0.25) is 0 Å². The second-order valence-electron chi connectivity index (χ2n) is 8.99. The average Bonchev–Trinajstić information content (AvgIpc) is 3.41. The topological polar surface area (TPSA) is 51.2 Å². The first-order chi connectivity index (χ1) is 16.0. The molecule has 0 aliphatic carbocycles. The van der Waals surface area contributed by atoms with Crippen molar-refractivity contribution >= 4 is 22.0 Å². The normalized spacial score (nSPS) is 21.9. The second-order valence-corrected chi connectivity index (χ2v) is 9.85. The van der Waals surface area contributed by atoms with E-state index in [1.54, 1.807) is 7.11 Å². The number of ether oxygens (including phenoxy) is 3. The molecule has 2 aliphatic rings. The van der Waals surface area contributed by atoms with E-state index >= 15 is 0 Å². The molecular formula is C26H33BrN2O4. The van der Waals surface area contributed by atoms with Crippen LogP contribution in [0.2, 0.25) is 0 Å². The molecule has 0 radical (unpaired) electrons. The predicted molar refractivity (Wildman–Crippen MR) is 131 cm³/mol. The Morgan fingerprint density at radius 1 is 1.18 bits per heavy atom. The minimum atomic E-state index is -0.269. The molecule has 2 aromatic rings. The molecule has 0 saturated carbocycles. The van der Waals surface area contributed by atoms with E-state index in [0.29, 0.717) is 19.0 Å². The minimum absolute atomic E-state index is 0.0222. The molecule has 2 aliphatic heterocycles. The predicted octanol–water partition coefficient (Wildman–Crippen LogP) is 5.10. The standard InChI is InChI=1S/C26H33BrN2O4/c1-19(31-2)32-23-8-9-25(27)22(15-23)14-21-10-12-28(16-21)13-11-24-18-29(26(30)33-24)17-20-6-4-3-5-7-20/h3-9,15,19,21,24H,10-14,16-18H2,1-2H3. The molecule has 3 unspecified atom stereocenters. The lowest BCUT2D eigenvalue weighted by Gasteiger charge is -2.19. The third-order valence-electron chi connectivity index (χ3n) is 6.46. The highest BCUT2D eigenvalue weighted by molar-refractivity contribution is 9.10. The van der Waals surface area contributed by atoms with Crippen molar-refractivity contribution in [1.82, 2.24) is 9.80 Å². The number of amides is 1. The summed E-state index contributed by atoms with van der Waals surface area (Å²) in [6.45, 7) is 6.30. The number of carbonyl (C=O) groups is 1. The van der Waals surface area contributed by atoms with Crippen molar-refractivity contribution in [3.05, 3.63) is 64.1 Å². The fourth-order valence-electron chi connectivity index (χ4n) is 4.60. The Kier molecular flexibility index (Phi) is 8.28. The lowest BCUT2D eigenvalue weighted by atomic mass is 9.98. The molecular weight excluding hydrogens is 484 g/mol. The van der Waals surface area contributed by atoms with Gasteiger partial charge in [0.15, 0.2) is 6.29 Å². The van der Waals surface area contributed by atoms with E-state index in [0.717, 1.165) is 48.3 Å². The highest BCUT2D eigenvalue weighted by Gasteiger charge is 2.32. The molecule has 1 amide bonds. The van der Waals surface area contributed by atoms with E-state index in [9.17, 15) is 4.79 Å². The number of carbonyl (C=O) groups excluding carboxylic acids is 1. The van der Waals surface area contributed by atoms with E-state index < -0.39 is 0 Å². The van der Waals surface area contributed by atoms with Gasteiger partial charge in [-0.2, -0.15) is 0 Å². The molecule has 6 nitrogen and oxygen atoms in total. The van der Waals surface area contributed by atoms with E-state index in [1.165, 1.54) is 12.0 Å². The van der Waals surface area contributed by atoms with Crippen LogP contribution in [-0.4, -0.2) is 61.6 Å². The van der Waals surface area contributed by atoms with Gasteiger partial charge in [-0.1, -0.05) is 46.3 Å². The zero-order valence-electron chi connectivity index (χ0n) is 19.4. The molecule has 2 fully saturated rings. The van der Waals surface area contributed by atoms with Crippen LogP contribution in [-0.2, 0) is 22.4 Å². The number of methoxy groups -OCH3 is 1. The van der Waals surface area contributed by atoms with Gasteiger partial charge in [0.05, 0.1) is 6.54 Å². The summed E-state index contributed by atoms with van der Waals surface area (Å²) in [5, 5.41) is 0. The molecule has 3 atom stereocenters. The minimum Gasteiger partial charge on any atom is -0.465 e. The van der Waals surface area contributed by atoms with Crippen molar-refractivity contribution in [3.8, 4) is 5.75 Å². The summed E-state index contributed by atoms with van der Waals surface area (Å²) in [5.41, 5.74) is 2.40. The second kappa shape index (κ2) is 11.4. The molecule has 2 aromatic carbocycles. The third-order valence-corrected chi connectivity index (χ3v) is 7.24. The number of likely N-dealkylation sites (tertiary alicyclic amines) is 1. The van der Waals surface area contributed by atoms with Gasteiger partial charge in [-0.05, 0) is 68.0 Å². The average molecular weight is 517 g/mol. The Bertz CT molecular complexity index is 926. The molecule has 0 spiro atoms. The first-order valence-corrected chi connectivity index (χ1v) is 12.5. The first kappa shape index (κ1) is 24.0. The molecule has 7 heteroatoms. The molecule has 0 N–H and O–H groups in total. The van der Waals surface area contributed by atoms with Gasteiger partial charge in [0.1, 0.15) is 11.9 Å². The lowest BCUT2D eigenvalue weighted by Crippen LogP contribution is -2.28. The molecule has 33 heavy (non-hydrogen) atoms. The van der Waals surface area contributed by atoms with Crippen LogP contribution in [0, 0.1) is 5.92 Å². The molecule has 0 bridgehead atoms. The fourth-order valence-corrected chi connectivity index (χ4v) is 5.01. The van der Waals surface area contributed by atoms with Crippen LogP contribution < -0.4 is 4.74 Å². The number of hydrogen-bond acceptors (Lipinski definition) is 5. The molecule has 2 heterocycles. The third kappa shape index (κ3) is 6.71. The van der Waals surface area contributed by atoms with Crippen LogP contribution in [0.3, 0.4) is 0 Å². The van der Waals surface area contributed by atoms with E-state index in [4.69, 9.17) is 14.2 Å². The van der Waals surface area contributed by atoms with Crippen LogP contribution in [0.15, 0.2) is 53.0 Å². The van der Waals surface area contributed by atoms with E-state index in [-0.39, 0.29) is 18.5 Å². The quantitative estimate of drug-likeness (QED) is 0.411. The Morgan fingerprint density at radius 2 is 2.00 bits per heavy atom. The van der Waals surface area contributed by atoms with Crippen molar-refractivity contribution in [2.24, 2.45) is 5.92 Å². The Labute approximate surface area is 204 Å². The number of benzene rings is 2. The fraction of sp³-hybridized carbons (Fsp3) is 0.500. The van der Waals surface area contributed by atoms with Crippen LogP contribution in [0.1, 0.15) is 30.9 Å². The van der Waals surface area contributed by atoms with Gasteiger partial charge in [-0.15, -0.1) is 0 Å². The zero-order valence-corrected chi connectivity index (χ0v) is 21.0. The first-order valence-electron chi connectivity index (χ1n) is 11.7. The van der Waals surface area contributed by atoms with Gasteiger partial charge in [-0.3, -0.25) is 0 Å². The lowest BCUT2D eigenvalue weighted by molar-refractivity contribution is -0.0383. The Morgan fingerprint density at radius 3 is 2.79 bits per heavy atom. The van der Waals surface area contributed by atoms with E-state index in [1.807, 2.05) is 48.2 Å². The molecule has 0 aromatic heterocycles.